The number of hydrogen-bond acceptors (Lipinski definition) is 2. The molecule has 0 atom stereocenters. The molecule has 0 radical (unpaired) electrons. The molecule has 3 nitrogen and oxygen atoms in total. The lowest BCUT2D eigenvalue weighted by Gasteiger charge is -2.11. The molecule has 2 rings (SSSR count). The number of aryl methyl sites for hydroxylation is 3. The lowest BCUT2D eigenvalue weighted by Crippen LogP contribution is -2.13. The minimum atomic E-state index is 0.0264. The molecule has 0 aliphatic heterocycles. The van der Waals surface area contributed by atoms with Gasteiger partial charge in [-0.05, 0) is 85.2 Å². The SMILES string of the molecule is Cc1ccc(OCCCC(=O)Nc2ccc(I)cc2C)c(C)c1. The van der Waals surface area contributed by atoms with E-state index in [0.29, 0.717) is 19.4 Å². The zero-order valence-electron chi connectivity index (χ0n) is 13.8. The molecule has 122 valence electrons. The first-order valence-electron chi connectivity index (χ1n) is 7.72. The Kier molecular flexibility index (Phi) is 6.45. The van der Waals surface area contributed by atoms with Gasteiger partial charge < -0.3 is 10.1 Å². The molecule has 0 saturated heterocycles. The Bertz CT molecular complexity index is 698. The minimum Gasteiger partial charge on any atom is -0.493 e. The molecule has 0 saturated carbocycles. The van der Waals surface area contributed by atoms with Crippen LogP contribution in [0, 0.1) is 24.3 Å². The monoisotopic (exact) mass is 423 g/mol. The zero-order valence-corrected chi connectivity index (χ0v) is 15.9. The van der Waals surface area contributed by atoms with Gasteiger partial charge in [0, 0.05) is 15.7 Å². The maximum atomic E-state index is 12.0. The maximum Gasteiger partial charge on any atom is 0.224 e. The smallest absolute Gasteiger partial charge is 0.224 e. The minimum absolute atomic E-state index is 0.0264. The van der Waals surface area contributed by atoms with Crippen LogP contribution in [0.25, 0.3) is 0 Å². The number of carbonyl (C=O) groups excluding carboxylic acids is 1. The standard InChI is InChI=1S/C19H22INO2/c1-13-6-9-18(15(3)11-13)23-10-4-5-19(22)21-17-8-7-16(20)12-14(17)2/h6-9,11-12H,4-5,10H2,1-3H3,(H,21,22). The summed E-state index contributed by atoms with van der Waals surface area (Å²) in [7, 11) is 0. The molecule has 2 aromatic rings. The number of anilines is 1. The summed E-state index contributed by atoms with van der Waals surface area (Å²) in [6, 6.07) is 12.1. The number of hydrogen-bond donors (Lipinski definition) is 1. The molecule has 0 spiro atoms. The number of amides is 1. The predicted octanol–water partition coefficient (Wildman–Crippen LogP) is 5.01. The van der Waals surface area contributed by atoms with E-state index in [0.717, 1.165) is 22.6 Å². The Labute approximate surface area is 151 Å². The molecular formula is C19H22INO2. The van der Waals surface area contributed by atoms with Crippen LogP contribution in [0.4, 0.5) is 5.69 Å². The summed E-state index contributed by atoms with van der Waals surface area (Å²) in [6.07, 6.45) is 1.15. The van der Waals surface area contributed by atoms with Gasteiger partial charge in [0.05, 0.1) is 6.61 Å². The quantitative estimate of drug-likeness (QED) is 0.524. The summed E-state index contributed by atoms with van der Waals surface area (Å²) in [5.74, 6) is 0.919. The van der Waals surface area contributed by atoms with Gasteiger partial charge >= 0.3 is 0 Å². The fourth-order valence-corrected chi connectivity index (χ4v) is 3.00. The Morgan fingerprint density at radius 2 is 1.87 bits per heavy atom. The van der Waals surface area contributed by atoms with Crippen molar-refractivity contribution in [1.82, 2.24) is 0 Å². The summed E-state index contributed by atoms with van der Waals surface area (Å²) in [5, 5.41) is 2.96. The Morgan fingerprint density at radius 1 is 1.09 bits per heavy atom. The fourth-order valence-electron chi connectivity index (χ4n) is 2.36. The molecule has 0 heterocycles. The highest BCUT2D eigenvalue weighted by Gasteiger charge is 2.06. The largest absolute Gasteiger partial charge is 0.493 e. The highest BCUT2D eigenvalue weighted by Crippen LogP contribution is 2.20. The van der Waals surface area contributed by atoms with Crippen molar-refractivity contribution in [2.75, 3.05) is 11.9 Å². The highest BCUT2D eigenvalue weighted by atomic mass is 127. The lowest BCUT2D eigenvalue weighted by molar-refractivity contribution is -0.116. The normalized spacial score (nSPS) is 10.4. The van der Waals surface area contributed by atoms with Gasteiger partial charge in [0.25, 0.3) is 0 Å². The van der Waals surface area contributed by atoms with Crippen molar-refractivity contribution >= 4 is 34.2 Å². The van der Waals surface area contributed by atoms with Crippen LogP contribution in [0.5, 0.6) is 5.75 Å². The second-order valence-corrected chi connectivity index (χ2v) is 6.97. The van der Waals surface area contributed by atoms with Crippen LogP contribution in [-0.2, 0) is 4.79 Å². The Balaban J connectivity index is 1.76. The number of benzene rings is 2. The molecule has 23 heavy (non-hydrogen) atoms. The summed E-state index contributed by atoms with van der Waals surface area (Å²) in [5.41, 5.74) is 4.31. The molecule has 0 aliphatic rings. The van der Waals surface area contributed by atoms with E-state index in [2.05, 4.69) is 47.0 Å². The first-order valence-corrected chi connectivity index (χ1v) is 8.79. The van der Waals surface area contributed by atoms with Crippen LogP contribution in [0.3, 0.4) is 0 Å². The molecule has 0 fully saturated rings. The van der Waals surface area contributed by atoms with Crippen LogP contribution < -0.4 is 10.1 Å². The topological polar surface area (TPSA) is 38.3 Å². The van der Waals surface area contributed by atoms with Crippen molar-refractivity contribution in [2.24, 2.45) is 0 Å². The van der Waals surface area contributed by atoms with Gasteiger partial charge in [-0.15, -0.1) is 0 Å². The Morgan fingerprint density at radius 3 is 2.57 bits per heavy atom. The van der Waals surface area contributed by atoms with Crippen molar-refractivity contribution in [2.45, 2.75) is 33.6 Å². The van der Waals surface area contributed by atoms with Gasteiger partial charge in [0.15, 0.2) is 0 Å². The fraction of sp³-hybridized carbons (Fsp3) is 0.316. The third-order valence-corrected chi connectivity index (χ3v) is 4.27. The third-order valence-electron chi connectivity index (χ3n) is 3.60. The van der Waals surface area contributed by atoms with Gasteiger partial charge in [0.1, 0.15) is 5.75 Å². The summed E-state index contributed by atoms with van der Waals surface area (Å²) >= 11 is 2.26. The van der Waals surface area contributed by atoms with Gasteiger partial charge in [0.2, 0.25) is 5.91 Å². The molecular weight excluding hydrogens is 401 g/mol. The average molecular weight is 423 g/mol. The molecule has 1 amide bonds. The summed E-state index contributed by atoms with van der Waals surface area (Å²) < 4.78 is 6.92. The van der Waals surface area contributed by atoms with E-state index >= 15 is 0 Å². The van der Waals surface area contributed by atoms with Crippen molar-refractivity contribution in [3.05, 3.63) is 56.7 Å². The number of nitrogens with one attached hydrogen (secondary N) is 1. The molecule has 2 aromatic carbocycles. The molecule has 1 N–H and O–H groups in total. The van der Waals surface area contributed by atoms with Gasteiger partial charge in [-0.2, -0.15) is 0 Å². The van der Waals surface area contributed by atoms with Crippen LogP contribution in [0.2, 0.25) is 0 Å². The van der Waals surface area contributed by atoms with Crippen LogP contribution in [-0.4, -0.2) is 12.5 Å². The summed E-state index contributed by atoms with van der Waals surface area (Å²) in [6.45, 7) is 6.65. The molecule has 0 aliphatic carbocycles. The van der Waals surface area contributed by atoms with E-state index in [1.165, 1.54) is 9.13 Å². The van der Waals surface area contributed by atoms with E-state index in [-0.39, 0.29) is 5.91 Å². The second kappa shape index (κ2) is 8.34. The second-order valence-electron chi connectivity index (χ2n) is 5.73. The summed E-state index contributed by atoms with van der Waals surface area (Å²) in [4.78, 5) is 12.0. The third kappa shape index (κ3) is 5.53. The first-order chi connectivity index (χ1) is 11.0. The zero-order chi connectivity index (χ0) is 16.8. The molecule has 4 heteroatoms. The van der Waals surface area contributed by atoms with Crippen molar-refractivity contribution < 1.29 is 9.53 Å². The van der Waals surface area contributed by atoms with Crippen molar-refractivity contribution in [1.29, 1.82) is 0 Å². The van der Waals surface area contributed by atoms with Crippen molar-refractivity contribution in [3.8, 4) is 5.75 Å². The molecule has 0 bridgehead atoms. The van der Waals surface area contributed by atoms with Gasteiger partial charge in [-0.3, -0.25) is 4.79 Å². The van der Waals surface area contributed by atoms with Gasteiger partial charge in [-0.25, -0.2) is 0 Å². The van der Waals surface area contributed by atoms with E-state index in [1.54, 1.807) is 0 Å². The molecule has 0 aromatic heterocycles. The Hall–Kier alpha value is -1.56. The highest BCUT2D eigenvalue weighted by molar-refractivity contribution is 14.1. The lowest BCUT2D eigenvalue weighted by atomic mass is 10.1. The maximum absolute atomic E-state index is 12.0. The number of ether oxygens (including phenoxy) is 1. The number of rotatable bonds is 6. The van der Waals surface area contributed by atoms with Crippen LogP contribution in [0.15, 0.2) is 36.4 Å². The van der Waals surface area contributed by atoms with E-state index in [9.17, 15) is 4.79 Å². The molecule has 0 unspecified atom stereocenters. The first kappa shape index (κ1) is 17.8. The number of halogens is 1. The van der Waals surface area contributed by atoms with Crippen molar-refractivity contribution in [3.63, 3.8) is 0 Å². The van der Waals surface area contributed by atoms with Crippen LogP contribution >= 0.6 is 22.6 Å². The van der Waals surface area contributed by atoms with E-state index in [1.807, 2.05) is 38.1 Å². The van der Waals surface area contributed by atoms with E-state index in [4.69, 9.17) is 4.74 Å². The van der Waals surface area contributed by atoms with E-state index < -0.39 is 0 Å². The van der Waals surface area contributed by atoms with Crippen LogP contribution in [0.1, 0.15) is 29.5 Å². The average Bonchev–Trinajstić information content (AvgIpc) is 2.48. The number of carbonyl (C=O) groups is 1. The predicted molar refractivity (Wildman–Crippen MR) is 103 cm³/mol. The van der Waals surface area contributed by atoms with Gasteiger partial charge in [-0.1, -0.05) is 17.7 Å².